The Kier molecular flexibility index (Phi) is 4.52. The van der Waals surface area contributed by atoms with Crippen LogP contribution < -0.4 is 0 Å². The highest BCUT2D eigenvalue weighted by Crippen LogP contribution is 2.31. The van der Waals surface area contributed by atoms with E-state index in [1.807, 2.05) is 13.8 Å². The standard InChI is InChI=1S/C10H14O4S.CH4/c1-4-8-5-9(15(12,13)14)10(11)7(3)6(8)2;/h5,11H,4H2,1-3H3,(H,12,13,14);1H4. The van der Waals surface area contributed by atoms with E-state index in [0.29, 0.717) is 12.0 Å². The van der Waals surface area contributed by atoms with Crippen LogP contribution in [0.2, 0.25) is 0 Å². The lowest BCUT2D eigenvalue weighted by atomic mass is 10.0. The molecule has 2 N–H and O–H groups in total. The molecule has 0 bridgehead atoms. The molecular weight excluding hydrogens is 228 g/mol. The van der Waals surface area contributed by atoms with E-state index in [1.54, 1.807) is 6.92 Å². The van der Waals surface area contributed by atoms with Gasteiger partial charge in [-0.1, -0.05) is 14.4 Å². The smallest absolute Gasteiger partial charge is 0.298 e. The number of hydrogen-bond acceptors (Lipinski definition) is 3. The molecule has 1 aromatic rings. The number of phenols is 1. The third-order valence-electron chi connectivity index (χ3n) is 2.60. The van der Waals surface area contributed by atoms with Crippen LogP contribution in [0.5, 0.6) is 5.75 Å². The normalized spacial score (nSPS) is 11.0. The van der Waals surface area contributed by atoms with E-state index >= 15 is 0 Å². The fraction of sp³-hybridized carbons (Fsp3) is 0.455. The van der Waals surface area contributed by atoms with Crippen LogP contribution in [-0.4, -0.2) is 18.1 Å². The molecule has 0 spiro atoms. The zero-order chi connectivity index (χ0) is 11.8. The van der Waals surface area contributed by atoms with Crippen molar-refractivity contribution in [2.24, 2.45) is 0 Å². The van der Waals surface area contributed by atoms with E-state index in [0.717, 1.165) is 11.1 Å². The molecule has 0 aliphatic carbocycles. The summed E-state index contributed by atoms with van der Waals surface area (Å²) in [5.41, 5.74) is 2.14. The first kappa shape index (κ1) is 14.9. The van der Waals surface area contributed by atoms with Gasteiger partial charge in [-0.3, -0.25) is 4.55 Å². The van der Waals surface area contributed by atoms with E-state index in [9.17, 15) is 13.5 Å². The molecule has 0 saturated heterocycles. The first-order chi connectivity index (χ1) is 6.79. The summed E-state index contributed by atoms with van der Waals surface area (Å²) in [6, 6.07) is 1.31. The first-order valence-corrected chi connectivity index (χ1v) is 6.02. The summed E-state index contributed by atoms with van der Waals surface area (Å²) < 4.78 is 30.9. The summed E-state index contributed by atoms with van der Waals surface area (Å²) in [5.74, 6) is -0.368. The number of phenolic OH excluding ortho intramolecular Hbond substituents is 1. The zero-order valence-electron chi connectivity index (χ0n) is 8.90. The van der Waals surface area contributed by atoms with Crippen LogP contribution in [0.15, 0.2) is 11.0 Å². The Hall–Kier alpha value is -1.07. The lowest BCUT2D eigenvalue weighted by Crippen LogP contribution is -2.03. The second-order valence-electron chi connectivity index (χ2n) is 3.46. The van der Waals surface area contributed by atoms with Gasteiger partial charge in [-0.05, 0) is 43.0 Å². The van der Waals surface area contributed by atoms with E-state index < -0.39 is 15.0 Å². The molecule has 0 saturated carbocycles. The Labute approximate surface area is 96.7 Å². The van der Waals surface area contributed by atoms with Crippen LogP contribution in [-0.2, 0) is 16.5 Å². The highest BCUT2D eigenvalue weighted by Gasteiger charge is 2.19. The van der Waals surface area contributed by atoms with Crippen LogP contribution in [0.3, 0.4) is 0 Å². The average Bonchev–Trinajstić information content (AvgIpc) is 2.13. The van der Waals surface area contributed by atoms with Crippen molar-refractivity contribution in [3.8, 4) is 5.75 Å². The predicted molar refractivity (Wildman–Crippen MR) is 63.5 cm³/mol. The van der Waals surface area contributed by atoms with Gasteiger partial charge in [0.1, 0.15) is 10.6 Å². The quantitative estimate of drug-likeness (QED) is 0.786. The van der Waals surface area contributed by atoms with Crippen molar-refractivity contribution >= 4 is 10.1 Å². The molecule has 4 nitrogen and oxygen atoms in total. The van der Waals surface area contributed by atoms with Crippen LogP contribution >= 0.6 is 0 Å². The van der Waals surface area contributed by atoms with Gasteiger partial charge in [0, 0.05) is 0 Å². The molecule has 0 unspecified atom stereocenters. The number of aromatic hydroxyl groups is 1. The summed E-state index contributed by atoms with van der Waals surface area (Å²) in [7, 11) is -4.36. The van der Waals surface area contributed by atoms with Crippen molar-refractivity contribution in [3.05, 3.63) is 22.8 Å². The fourth-order valence-electron chi connectivity index (χ4n) is 1.50. The van der Waals surface area contributed by atoms with Crippen molar-refractivity contribution in [2.45, 2.75) is 39.5 Å². The highest BCUT2D eigenvalue weighted by molar-refractivity contribution is 7.86. The van der Waals surface area contributed by atoms with Crippen LogP contribution in [0.1, 0.15) is 31.0 Å². The SMILES string of the molecule is C.CCc1cc(S(=O)(=O)O)c(O)c(C)c1C. The van der Waals surface area contributed by atoms with Gasteiger partial charge in [0.2, 0.25) is 0 Å². The minimum atomic E-state index is -4.36. The van der Waals surface area contributed by atoms with Crippen molar-refractivity contribution in [1.29, 1.82) is 0 Å². The minimum Gasteiger partial charge on any atom is -0.506 e. The Morgan fingerprint density at radius 1 is 1.25 bits per heavy atom. The number of benzene rings is 1. The molecule has 16 heavy (non-hydrogen) atoms. The molecule has 0 fully saturated rings. The van der Waals surface area contributed by atoms with E-state index in [-0.39, 0.29) is 13.2 Å². The molecule has 1 aromatic carbocycles. The molecule has 0 radical (unpaired) electrons. The molecule has 0 heterocycles. The van der Waals surface area contributed by atoms with Crippen LogP contribution in [0.25, 0.3) is 0 Å². The van der Waals surface area contributed by atoms with Crippen molar-refractivity contribution in [3.63, 3.8) is 0 Å². The largest absolute Gasteiger partial charge is 0.506 e. The van der Waals surface area contributed by atoms with Gasteiger partial charge in [-0.2, -0.15) is 8.42 Å². The van der Waals surface area contributed by atoms with E-state index in [4.69, 9.17) is 4.55 Å². The van der Waals surface area contributed by atoms with Gasteiger partial charge in [0.05, 0.1) is 0 Å². The maximum absolute atomic E-state index is 11.0. The summed E-state index contributed by atoms with van der Waals surface area (Å²) in [6.07, 6.45) is 0.648. The maximum atomic E-state index is 11.0. The number of aryl methyl sites for hydroxylation is 1. The molecule has 92 valence electrons. The molecular formula is C11H18O4S. The van der Waals surface area contributed by atoms with Gasteiger partial charge in [-0.15, -0.1) is 0 Å². The molecule has 5 heteroatoms. The van der Waals surface area contributed by atoms with Crippen LogP contribution in [0, 0.1) is 13.8 Å². The van der Waals surface area contributed by atoms with Crippen molar-refractivity contribution in [2.75, 3.05) is 0 Å². The number of hydrogen-bond donors (Lipinski definition) is 2. The Bertz CT molecular complexity index is 489. The van der Waals surface area contributed by atoms with Gasteiger partial charge in [0.15, 0.2) is 0 Å². The van der Waals surface area contributed by atoms with Crippen molar-refractivity contribution in [1.82, 2.24) is 0 Å². The fourth-order valence-corrected chi connectivity index (χ4v) is 2.19. The Morgan fingerprint density at radius 3 is 2.12 bits per heavy atom. The minimum absolute atomic E-state index is 0. The molecule has 0 aliphatic heterocycles. The summed E-state index contributed by atoms with van der Waals surface area (Å²) in [6.45, 7) is 5.31. The molecule has 0 aliphatic rings. The van der Waals surface area contributed by atoms with Crippen LogP contribution in [0.4, 0.5) is 0 Å². The lowest BCUT2D eigenvalue weighted by Gasteiger charge is -2.11. The molecule has 0 atom stereocenters. The molecule has 0 amide bonds. The summed E-state index contributed by atoms with van der Waals surface area (Å²) >= 11 is 0. The van der Waals surface area contributed by atoms with Gasteiger partial charge < -0.3 is 5.11 Å². The Morgan fingerprint density at radius 2 is 1.75 bits per heavy atom. The van der Waals surface area contributed by atoms with E-state index in [2.05, 4.69) is 0 Å². The maximum Gasteiger partial charge on any atom is 0.298 e. The zero-order valence-corrected chi connectivity index (χ0v) is 9.72. The first-order valence-electron chi connectivity index (χ1n) is 4.58. The van der Waals surface area contributed by atoms with Gasteiger partial charge >= 0.3 is 0 Å². The third-order valence-corrected chi connectivity index (χ3v) is 3.46. The summed E-state index contributed by atoms with van der Waals surface area (Å²) in [4.78, 5) is -0.414. The predicted octanol–water partition coefficient (Wildman–Crippen LogP) is 2.45. The average molecular weight is 246 g/mol. The van der Waals surface area contributed by atoms with E-state index in [1.165, 1.54) is 6.07 Å². The second kappa shape index (κ2) is 4.84. The molecule has 0 aromatic heterocycles. The Balaban J connectivity index is 0.00000225. The third kappa shape index (κ3) is 2.54. The van der Waals surface area contributed by atoms with Gasteiger partial charge in [-0.25, -0.2) is 0 Å². The van der Waals surface area contributed by atoms with Crippen molar-refractivity contribution < 1.29 is 18.1 Å². The van der Waals surface area contributed by atoms with Gasteiger partial charge in [0.25, 0.3) is 10.1 Å². The number of rotatable bonds is 2. The second-order valence-corrected chi connectivity index (χ2v) is 4.85. The lowest BCUT2D eigenvalue weighted by molar-refractivity contribution is 0.439. The topological polar surface area (TPSA) is 74.6 Å². The monoisotopic (exact) mass is 246 g/mol. The molecule has 1 rings (SSSR count). The summed E-state index contributed by atoms with van der Waals surface area (Å²) in [5, 5.41) is 9.59. The highest BCUT2D eigenvalue weighted by atomic mass is 32.2.